The van der Waals surface area contributed by atoms with E-state index in [1.54, 1.807) is 4.90 Å². The van der Waals surface area contributed by atoms with Gasteiger partial charge in [-0.1, -0.05) is 30.3 Å². The maximum atomic E-state index is 12.1. The lowest BCUT2D eigenvalue weighted by molar-refractivity contribution is 0.0477. The molecule has 1 N–H and O–H groups in total. The summed E-state index contributed by atoms with van der Waals surface area (Å²) in [5, 5.41) is 9.21. The molecule has 1 aromatic rings. The lowest BCUT2D eigenvalue weighted by Crippen LogP contribution is -2.46. The molecule has 1 heterocycles. The fourth-order valence-electron chi connectivity index (χ4n) is 2.39. The third-order valence-electron chi connectivity index (χ3n) is 3.68. The van der Waals surface area contributed by atoms with Crippen molar-refractivity contribution in [2.24, 2.45) is 5.92 Å². The second kappa shape index (κ2) is 6.57. The highest BCUT2D eigenvalue weighted by Crippen LogP contribution is 2.22. The fourth-order valence-corrected chi connectivity index (χ4v) is 2.39. The van der Waals surface area contributed by atoms with Crippen LogP contribution in [0.4, 0.5) is 4.79 Å². The second-order valence-corrected chi connectivity index (χ2v) is 5.17. The molecular formula is C15H21NO3. The molecule has 1 amide bonds. The van der Waals surface area contributed by atoms with Crippen LogP contribution in [0.5, 0.6) is 0 Å². The molecule has 0 aliphatic carbocycles. The van der Waals surface area contributed by atoms with E-state index in [0.717, 1.165) is 18.4 Å². The zero-order valence-corrected chi connectivity index (χ0v) is 11.3. The molecule has 4 nitrogen and oxygen atoms in total. The van der Waals surface area contributed by atoms with Crippen molar-refractivity contribution in [3.8, 4) is 0 Å². The van der Waals surface area contributed by atoms with Gasteiger partial charge in [-0.15, -0.1) is 0 Å². The van der Waals surface area contributed by atoms with Gasteiger partial charge in [-0.2, -0.15) is 0 Å². The third kappa shape index (κ3) is 3.70. The summed E-state index contributed by atoms with van der Waals surface area (Å²) < 4.78 is 5.34. The molecular weight excluding hydrogens is 242 g/mol. The first-order valence-corrected chi connectivity index (χ1v) is 6.79. The number of nitrogens with zero attached hydrogens (tertiary/aromatic N) is 1. The first kappa shape index (κ1) is 13.9. The number of aliphatic hydroxyl groups excluding tert-OH is 1. The van der Waals surface area contributed by atoms with Gasteiger partial charge in [0.15, 0.2) is 0 Å². The van der Waals surface area contributed by atoms with Crippen molar-refractivity contribution < 1.29 is 14.6 Å². The van der Waals surface area contributed by atoms with E-state index >= 15 is 0 Å². The van der Waals surface area contributed by atoms with E-state index in [1.165, 1.54) is 0 Å². The van der Waals surface area contributed by atoms with Crippen LogP contribution in [0.25, 0.3) is 0 Å². The smallest absolute Gasteiger partial charge is 0.410 e. The lowest BCUT2D eigenvalue weighted by Gasteiger charge is -2.36. The molecule has 19 heavy (non-hydrogen) atoms. The Kier molecular flexibility index (Phi) is 4.80. The molecule has 0 spiro atoms. The molecule has 1 aromatic carbocycles. The van der Waals surface area contributed by atoms with Gasteiger partial charge >= 0.3 is 6.09 Å². The number of amides is 1. The molecule has 0 bridgehead atoms. The van der Waals surface area contributed by atoms with Crippen LogP contribution < -0.4 is 0 Å². The number of hydrogen-bond donors (Lipinski definition) is 1. The van der Waals surface area contributed by atoms with Crippen molar-refractivity contribution in [1.82, 2.24) is 4.90 Å². The van der Waals surface area contributed by atoms with E-state index in [2.05, 4.69) is 0 Å². The average molecular weight is 263 g/mol. The molecule has 0 radical (unpaired) electrons. The van der Waals surface area contributed by atoms with Crippen LogP contribution in [-0.2, 0) is 11.3 Å². The van der Waals surface area contributed by atoms with E-state index in [1.807, 2.05) is 37.3 Å². The molecule has 0 unspecified atom stereocenters. The maximum Gasteiger partial charge on any atom is 0.410 e. The molecule has 1 saturated heterocycles. The van der Waals surface area contributed by atoms with Gasteiger partial charge in [0.1, 0.15) is 6.61 Å². The number of benzene rings is 1. The largest absolute Gasteiger partial charge is 0.445 e. The molecule has 2 atom stereocenters. The first-order chi connectivity index (χ1) is 9.20. The highest BCUT2D eigenvalue weighted by molar-refractivity contribution is 5.68. The monoisotopic (exact) mass is 263 g/mol. The zero-order valence-electron chi connectivity index (χ0n) is 11.3. The van der Waals surface area contributed by atoms with Crippen LogP contribution in [0.15, 0.2) is 30.3 Å². The van der Waals surface area contributed by atoms with Gasteiger partial charge < -0.3 is 14.7 Å². The topological polar surface area (TPSA) is 49.8 Å². The Morgan fingerprint density at radius 3 is 2.79 bits per heavy atom. The minimum Gasteiger partial charge on any atom is -0.445 e. The highest BCUT2D eigenvalue weighted by Gasteiger charge is 2.29. The molecule has 1 aliphatic heterocycles. The van der Waals surface area contributed by atoms with Gasteiger partial charge in [-0.25, -0.2) is 4.79 Å². The zero-order chi connectivity index (χ0) is 13.7. The minimum atomic E-state index is -0.283. The first-order valence-electron chi connectivity index (χ1n) is 6.79. The Morgan fingerprint density at radius 2 is 2.11 bits per heavy atom. The fraction of sp³-hybridized carbons (Fsp3) is 0.533. The molecule has 0 saturated carbocycles. The quantitative estimate of drug-likeness (QED) is 0.911. The Morgan fingerprint density at radius 1 is 1.37 bits per heavy atom. The highest BCUT2D eigenvalue weighted by atomic mass is 16.6. The SMILES string of the molecule is C[C@@H]1CC[C@H](CO)CN1C(=O)OCc1ccccc1. The Bertz CT molecular complexity index is 407. The summed E-state index contributed by atoms with van der Waals surface area (Å²) in [7, 11) is 0. The molecule has 1 fully saturated rings. The molecule has 104 valence electrons. The van der Waals surface area contributed by atoms with Gasteiger partial charge in [0, 0.05) is 19.2 Å². The van der Waals surface area contributed by atoms with Gasteiger partial charge in [-0.05, 0) is 31.2 Å². The predicted octanol–water partition coefficient (Wildman–Crippen LogP) is 2.42. The van der Waals surface area contributed by atoms with Crippen LogP contribution in [0.1, 0.15) is 25.3 Å². The summed E-state index contributed by atoms with van der Waals surface area (Å²) in [6.45, 7) is 3.05. The number of rotatable bonds is 3. The predicted molar refractivity (Wildman–Crippen MR) is 72.6 cm³/mol. The van der Waals surface area contributed by atoms with E-state index in [4.69, 9.17) is 4.74 Å². The van der Waals surface area contributed by atoms with Crippen LogP contribution in [0.3, 0.4) is 0 Å². The number of carbonyl (C=O) groups is 1. The van der Waals surface area contributed by atoms with Crippen LogP contribution in [0.2, 0.25) is 0 Å². The van der Waals surface area contributed by atoms with Crippen LogP contribution >= 0.6 is 0 Å². The molecule has 2 rings (SSSR count). The normalized spacial score (nSPS) is 23.2. The summed E-state index contributed by atoms with van der Waals surface area (Å²) >= 11 is 0. The van der Waals surface area contributed by atoms with Gasteiger partial charge in [0.2, 0.25) is 0 Å². The maximum absolute atomic E-state index is 12.1. The summed E-state index contributed by atoms with van der Waals surface area (Å²) in [4.78, 5) is 13.8. The summed E-state index contributed by atoms with van der Waals surface area (Å²) in [6, 6.07) is 9.84. The Hall–Kier alpha value is -1.55. The van der Waals surface area contributed by atoms with Crippen molar-refractivity contribution >= 4 is 6.09 Å². The van der Waals surface area contributed by atoms with Crippen molar-refractivity contribution in [2.75, 3.05) is 13.2 Å². The van der Waals surface area contributed by atoms with E-state index in [-0.39, 0.29) is 24.7 Å². The molecule has 1 aliphatic rings. The summed E-state index contributed by atoms with van der Waals surface area (Å²) in [5.41, 5.74) is 0.985. The van der Waals surface area contributed by atoms with E-state index < -0.39 is 0 Å². The second-order valence-electron chi connectivity index (χ2n) is 5.17. The molecule has 4 heteroatoms. The van der Waals surface area contributed by atoms with Gasteiger partial charge in [0.05, 0.1) is 0 Å². The van der Waals surface area contributed by atoms with Crippen molar-refractivity contribution in [3.05, 3.63) is 35.9 Å². The number of hydrogen-bond acceptors (Lipinski definition) is 3. The number of likely N-dealkylation sites (tertiary alicyclic amines) is 1. The van der Waals surface area contributed by atoms with Crippen LogP contribution in [0, 0.1) is 5.92 Å². The molecule has 0 aromatic heterocycles. The van der Waals surface area contributed by atoms with Crippen molar-refractivity contribution in [3.63, 3.8) is 0 Å². The number of piperidine rings is 1. The Labute approximate surface area is 114 Å². The van der Waals surface area contributed by atoms with Gasteiger partial charge in [-0.3, -0.25) is 0 Å². The summed E-state index contributed by atoms with van der Waals surface area (Å²) in [6.07, 6.45) is 1.61. The average Bonchev–Trinajstić information content (AvgIpc) is 2.46. The van der Waals surface area contributed by atoms with Gasteiger partial charge in [0.25, 0.3) is 0 Å². The van der Waals surface area contributed by atoms with Crippen LogP contribution in [-0.4, -0.2) is 35.3 Å². The van der Waals surface area contributed by atoms with Crippen molar-refractivity contribution in [1.29, 1.82) is 0 Å². The van der Waals surface area contributed by atoms with E-state index in [9.17, 15) is 9.90 Å². The third-order valence-corrected chi connectivity index (χ3v) is 3.68. The number of ether oxygens (including phenoxy) is 1. The Balaban J connectivity index is 1.88. The van der Waals surface area contributed by atoms with E-state index in [0.29, 0.717) is 13.2 Å². The standard InChI is InChI=1S/C15H21NO3/c1-12-7-8-14(10-17)9-16(12)15(18)19-11-13-5-3-2-4-6-13/h2-6,12,14,17H,7-11H2,1H3/t12-,14+/m1/s1. The number of carbonyl (C=O) groups excluding carboxylic acids is 1. The van der Waals surface area contributed by atoms with Crippen molar-refractivity contribution in [2.45, 2.75) is 32.4 Å². The lowest BCUT2D eigenvalue weighted by atomic mass is 9.94. The number of aliphatic hydroxyl groups is 1. The minimum absolute atomic E-state index is 0.134. The summed E-state index contributed by atoms with van der Waals surface area (Å²) in [5.74, 6) is 0.181.